The molecular weight excluding hydrogens is 395 g/mol. The standard InChI is InChI=1S/C18H14Cl2N2O5/c1-26-18(25)10-2-4-12(20)13(6-10)21-16(23)8-22-9-17(24)27-15-5-3-11(19)7-14(15)22/h2-7H,8-9H2,1H3,(H,21,23). The van der Waals surface area contributed by atoms with Gasteiger partial charge in [-0.15, -0.1) is 0 Å². The van der Waals surface area contributed by atoms with Crippen molar-refractivity contribution in [1.29, 1.82) is 0 Å². The van der Waals surface area contributed by atoms with Crippen LogP contribution in [0.3, 0.4) is 0 Å². The first kappa shape index (κ1) is 19.0. The summed E-state index contributed by atoms with van der Waals surface area (Å²) in [5.41, 5.74) is 1.04. The molecule has 2 aromatic carbocycles. The highest BCUT2D eigenvalue weighted by Crippen LogP contribution is 2.34. The lowest BCUT2D eigenvalue weighted by Gasteiger charge is -2.29. The van der Waals surface area contributed by atoms with Gasteiger partial charge in [-0.05, 0) is 36.4 Å². The van der Waals surface area contributed by atoms with Crippen LogP contribution in [-0.2, 0) is 14.3 Å². The molecule has 0 aliphatic carbocycles. The van der Waals surface area contributed by atoms with Gasteiger partial charge in [-0.2, -0.15) is 0 Å². The van der Waals surface area contributed by atoms with Crippen molar-refractivity contribution in [3.8, 4) is 5.75 Å². The molecule has 1 N–H and O–H groups in total. The van der Waals surface area contributed by atoms with Crippen LogP contribution in [0, 0.1) is 0 Å². The van der Waals surface area contributed by atoms with E-state index in [2.05, 4.69) is 10.1 Å². The van der Waals surface area contributed by atoms with Crippen LogP contribution in [0.1, 0.15) is 10.4 Å². The molecule has 0 saturated heterocycles. The van der Waals surface area contributed by atoms with Gasteiger partial charge in [0.2, 0.25) is 5.91 Å². The Morgan fingerprint density at radius 3 is 2.74 bits per heavy atom. The van der Waals surface area contributed by atoms with E-state index in [1.807, 2.05) is 0 Å². The van der Waals surface area contributed by atoms with Crippen LogP contribution in [0.2, 0.25) is 10.0 Å². The third-order valence-electron chi connectivity index (χ3n) is 3.80. The Balaban J connectivity index is 1.78. The van der Waals surface area contributed by atoms with Crippen molar-refractivity contribution in [3.05, 3.63) is 52.0 Å². The minimum atomic E-state index is -0.551. The molecule has 0 unspecified atom stereocenters. The van der Waals surface area contributed by atoms with E-state index in [0.717, 1.165) is 0 Å². The number of nitrogens with zero attached hydrogens (tertiary/aromatic N) is 1. The van der Waals surface area contributed by atoms with Gasteiger partial charge in [-0.1, -0.05) is 23.2 Å². The SMILES string of the molecule is COC(=O)c1ccc(Cl)c(NC(=O)CN2CC(=O)Oc3ccc(Cl)cc32)c1. The number of nitrogens with one attached hydrogen (secondary N) is 1. The summed E-state index contributed by atoms with van der Waals surface area (Å²) in [7, 11) is 1.26. The second-order valence-corrected chi connectivity index (χ2v) is 6.52. The molecule has 0 aromatic heterocycles. The number of anilines is 2. The van der Waals surface area contributed by atoms with E-state index in [4.69, 9.17) is 27.9 Å². The van der Waals surface area contributed by atoms with E-state index in [1.54, 1.807) is 23.1 Å². The number of esters is 2. The quantitative estimate of drug-likeness (QED) is 0.617. The summed E-state index contributed by atoms with van der Waals surface area (Å²) in [5, 5.41) is 3.34. The van der Waals surface area contributed by atoms with Gasteiger partial charge in [0.15, 0.2) is 5.75 Å². The fraction of sp³-hybridized carbons (Fsp3) is 0.167. The van der Waals surface area contributed by atoms with Crippen LogP contribution in [0.5, 0.6) is 5.75 Å². The molecule has 7 nitrogen and oxygen atoms in total. The molecule has 2 aromatic rings. The van der Waals surface area contributed by atoms with E-state index in [9.17, 15) is 14.4 Å². The summed E-state index contributed by atoms with van der Waals surface area (Å²) < 4.78 is 9.80. The lowest BCUT2D eigenvalue weighted by atomic mass is 10.2. The second kappa shape index (κ2) is 7.85. The monoisotopic (exact) mass is 408 g/mol. The van der Waals surface area contributed by atoms with Crippen molar-refractivity contribution in [2.75, 3.05) is 30.4 Å². The van der Waals surface area contributed by atoms with Crippen LogP contribution in [0.15, 0.2) is 36.4 Å². The zero-order valence-corrected chi connectivity index (χ0v) is 15.6. The van der Waals surface area contributed by atoms with Gasteiger partial charge in [0.05, 0.1) is 35.6 Å². The first-order valence-electron chi connectivity index (χ1n) is 7.80. The van der Waals surface area contributed by atoms with Crippen LogP contribution >= 0.6 is 23.2 Å². The number of methoxy groups -OCH3 is 1. The summed E-state index contributed by atoms with van der Waals surface area (Å²) >= 11 is 12.1. The van der Waals surface area contributed by atoms with Crippen LogP contribution in [0.25, 0.3) is 0 Å². The molecule has 3 rings (SSSR count). The zero-order chi connectivity index (χ0) is 19.6. The molecule has 1 aliphatic rings. The normalized spacial score (nSPS) is 12.9. The summed E-state index contributed by atoms with van der Waals surface area (Å²) in [6.07, 6.45) is 0. The number of carbonyl (C=O) groups excluding carboxylic acids is 3. The van der Waals surface area contributed by atoms with E-state index >= 15 is 0 Å². The van der Waals surface area contributed by atoms with Gasteiger partial charge >= 0.3 is 11.9 Å². The number of hydrogen-bond donors (Lipinski definition) is 1. The third kappa shape index (κ3) is 4.32. The molecule has 9 heteroatoms. The number of amides is 1. The first-order valence-corrected chi connectivity index (χ1v) is 8.56. The molecular formula is C18H14Cl2N2O5. The van der Waals surface area contributed by atoms with Crippen molar-refractivity contribution in [1.82, 2.24) is 0 Å². The third-order valence-corrected chi connectivity index (χ3v) is 4.37. The molecule has 0 spiro atoms. The average Bonchev–Trinajstić information content (AvgIpc) is 2.63. The maximum absolute atomic E-state index is 12.5. The highest BCUT2D eigenvalue weighted by atomic mass is 35.5. The van der Waals surface area contributed by atoms with Crippen LogP contribution in [-0.4, -0.2) is 38.0 Å². The molecule has 0 atom stereocenters. The average molecular weight is 409 g/mol. The Bertz CT molecular complexity index is 932. The Kier molecular flexibility index (Phi) is 5.53. The van der Waals surface area contributed by atoms with Gasteiger partial charge < -0.3 is 19.7 Å². The number of fused-ring (bicyclic) bond motifs is 1. The molecule has 0 radical (unpaired) electrons. The highest BCUT2D eigenvalue weighted by Gasteiger charge is 2.26. The number of benzene rings is 2. The number of ether oxygens (including phenoxy) is 2. The van der Waals surface area contributed by atoms with E-state index in [-0.39, 0.29) is 29.4 Å². The lowest BCUT2D eigenvalue weighted by Crippen LogP contribution is -2.41. The maximum atomic E-state index is 12.5. The predicted octanol–water partition coefficient (Wildman–Crippen LogP) is 3.14. The second-order valence-electron chi connectivity index (χ2n) is 5.68. The maximum Gasteiger partial charge on any atom is 0.337 e. The van der Waals surface area contributed by atoms with Gasteiger partial charge in [0, 0.05) is 5.02 Å². The minimum absolute atomic E-state index is 0.101. The van der Waals surface area contributed by atoms with E-state index in [0.29, 0.717) is 16.5 Å². The predicted molar refractivity (Wildman–Crippen MR) is 101 cm³/mol. The molecule has 27 heavy (non-hydrogen) atoms. The largest absolute Gasteiger partial charge is 0.465 e. The Labute approximate surface area is 164 Å². The molecule has 0 fully saturated rings. The Morgan fingerprint density at radius 1 is 1.22 bits per heavy atom. The van der Waals surface area contributed by atoms with Gasteiger partial charge in [-0.3, -0.25) is 4.79 Å². The Hall–Kier alpha value is -2.77. The smallest absolute Gasteiger partial charge is 0.337 e. The molecule has 1 aliphatic heterocycles. The van der Waals surface area contributed by atoms with E-state index < -0.39 is 17.8 Å². The van der Waals surface area contributed by atoms with Crippen LogP contribution < -0.4 is 15.0 Å². The topological polar surface area (TPSA) is 84.9 Å². The summed E-state index contributed by atoms with van der Waals surface area (Å²) in [6, 6.07) is 9.16. The molecule has 0 saturated carbocycles. The van der Waals surface area contributed by atoms with Crippen molar-refractivity contribution < 1.29 is 23.9 Å². The number of rotatable bonds is 4. The molecule has 1 amide bonds. The lowest BCUT2D eigenvalue weighted by molar-refractivity contribution is -0.133. The zero-order valence-electron chi connectivity index (χ0n) is 14.1. The highest BCUT2D eigenvalue weighted by molar-refractivity contribution is 6.34. The fourth-order valence-corrected chi connectivity index (χ4v) is 2.92. The van der Waals surface area contributed by atoms with Crippen LogP contribution in [0.4, 0.5) is 11.4 Å². The number of hydrogen-bond acceptors (Lipinski definition) is 6. The number of carbonyl (C=O) groups is 3. The van der Waals surface area contributed by atoms with Crippen molar-refractivity contribution >= 4 is 52.4 Å². The fourth-order valence-electron chi connectivity index (χ4n) is 2.59. The van der Waals surface area contributed by atoms with Crippen molar-refractivity contribution in [2.45, 2.75) is 0 Å². The van der Waals surface area contributed by atoms with Gasteiger partial charge in [0.25, 0.3) is 0 Å². The van der Waals surface area contributed by atoms with Crippen molar-refractivity contribution in [3.63, 3.8) is 0 Å². The molecule has 0 bridgehead atoms. The van der Waals surface area contributed by atoms with Gasteiger partial charge in [0.1, 0.15) is 6.54 Å². The first-order chi connectivity index (χ1) is 12.9. The minimum Gasteiger partial charge on any atom is -0.465 e. The summed E-state index contributed by atoms with van der Waals surface area (Å²) in [4.78, 5) is 37.4. The van der Waals surface area contributed by atoms with Gasteiger partial charge in [-0.25, -0.2) is 9.59 Å². The number of halogens is 2. The molecule has 140 valence electrons. The van der Waals surface area contributed by atoms with E-state index in [1.165, 1.54) is 25.3 Å². The molecule has 1 heterocycles. The summed E-state index contributed by atoms with van der Waals surface area (Å²) in [5.74, 6) is -1.14. The van der Waals surface area contributed by atoms with Crippen molar-refractivity contribution in [2.24, 2.45) is 0 Å². The summed E-state index contributed by atoms with van der Waals surface area (Å²) in [6.45, 7) is -0.238. The Morgan fingerprint density at radius 2 is 2.00 bits per heavy atom.